The van der Waals surface area contributed by atoms with Crippen LogP contribution in [0.4, 0.5) is 26.3 Å². The SMILES string of the molecule is FC(F)(F)COCc1ccc2c(c1)C[C@@H](N1C=CCN1COCC(F)(F)F)CO2. The maximum atomic E-state index is 12.3. The van der Waals surface area contributed by atoms with Crippen LogP contribution in [-0.2, 0) is 22.5 Å². The number of alkyl halides is 6. The molecule has 29 heavy (non-hydrogen) atoms. The van der Waals surface area contributed by atoms with E-state index in [2.05, 4.69) is 4.74 Å². The van der Waals surface area contributed by atoms with Gasteiger partial charge in [0, 0.05) is 19.2 Å². The highest BCUT2D eigenvalue weighted by atomic mass is 19.4. The molecule has 0 spiro atoms. The third kappa shape index (κ3) is 6.51. The van der Waals surface area contributed by atoms with Gasteiger partial charge in [0.05, 0.1) is 12.6 Å². The van der Waals surface area contributed by atoms with E-state index in [4.69, 9.17) is 9.47 Å². The number of ether oxygens (including phenoxy) is 3. The molecule has 0 aromatic heterocycles. The highest BCUT2D eigenvalue weighted by Crippen LogP contribution is 2.30. The number of benzene rings is 1. The molecular weight excluding hydrogens is 406 g/mol. The lowest BCUT2D eigenvalue weighted by Gasteiger charge is -2.38. The first-order valence-electron chi connectivity index (χ1n) is 8.84. The normalized spacial score (nSPS) is 20.1. The van der Waals surface area contributed by atoms with Gasteiger partial charge in [-0.25, -0.2) is 0 Å². The third-order valence-corrected chi connectivity index (χ3v) is 4.33. The molecular formula is C18H20F6N2O3. The zero-order chi connectivity index (χ0) is 21.1. The van der Waals surface area contributed by atoms with E-state index in [-0.39, 0.29) is 19.4 Å². The molecule has 162 valence electrons. The maximum absolute atomic E-state index is 12.3. The minimum atomic E-state index is -4.39. The second kappa shape index (κ2) is 8.80. The van der Waals surface area contributed by atoms with E-state index in [1.165, 1.54) is 0 Å². The van der Waals surface area contributed by atoms with Crippen LogP contribution in [0.3, 0.4) is 0 Å². The molecule has 1 aromatic carbocycles. The van der Waals surface area contributed by atoms with Crippen LogP contribution in [0.1, 0.15) is 11.1 Å². The van der Waals surface area contributed by atoms with Gasteiger partial charge in [0.15, 0.2) is 0 Å². The summed E-state index contributed by atoms with van der Waals surface area (Å²) < 4.78 is 88.6. The first-order chi connectivity index (χ1) is 13.6. The lowest BCUT2D eigenvalue weighted by atomic mass is 10.00. The second-order valence-electron chi connectivity index (χ2n) is 6.77. The molecule has 11 heteroatoms. The van der Waals surface area contributed by atoms with Crippen molar-refractivity contribution in [3.05, 3.63) is 41.6 Å². The smallest absolute Gasteiger partial charge is 0.411 e. The number of nitrogens with zero attached hydrogens (tertiary/aromatic N) is 2. The summed E-state index contributed by atoms with van der Waals surface area (Å²) in [5.41, 5.74) is 1.38. The summed E-state index contributed by atoms with van der Waals surface area (Å²) in [6.07, 6.45) is -4.71. The van der Waals surface area contributed by atoms with Gasteiger partial charge in [0.1, 0.15) is 32.3 Å². The molecule has 2 heterocycles. The Labute approximate surface area is 163 Å². The quantitative estimate of drug-likeness (QED) is 0.622. The van der Waals surface area contributed by atoms with E-state index in [0.717, 1.165) is 5.56 Å². The molecule has 3 rings (SSSR count). The van der Waals surface area contributed by atoms with Crippen molar-refractivity contribution in [1.29, 1.82) is 0 Å². The average Bonchev–Trinajstić information content (AvgIpc) is 3.07. The molecule has 2 aliphatic rings. The molecule has 0 aliphatic carbocycles. The molecule has 0 bridgehead atoms. The minimum absolute atomic E-state index is 0.179. The van der Waals surface area contributed by atoms with Gasteiger partial charge in [-0.2, -0.15) is 31.4 Å². The van der Waals surface area contributed by atoms with Gasteiger partial charge in [-0.15, -0.1) is 0 Å². The standard InChI is InChI=1S/C18H20F6N2O3/c19-17(20,21)10-27-8-13-2-3-16-14(6-13)7-15(9-29-16)26-5-1-4-25(26)12-28-11-18(22,23)24/h1-3,5-6,15H,4,7-12H2/t15-/m1/s1. The van der Waals surface area contributed by atoms with E-state index in [9.17, 15) is 26.3 Å². The number of halogens is 6. The fourth-order valence-corrected chi connectivity index (χ4v) is 3.18. The van der Waals surface area contributed by atoms with Crippen molar-refractivity contribution < 1.29 is 40.6 Å². The van der Waals surface area contributed by atoms with Crippen LogP contribution >= 0.6 is 0 Å². The van der Waals surface area contributed by atoms with Crippen molar-refractivity contribution in [3.8, 4) is 5.75 Å². The zero-order valence-electron chi connectivity index (χ0n) is 15.3. The topological polar surface area (TPSA) is 34.2 Å². The van der Waals surface area contributed by atoms with Crippen LogP contribution < -0.4 is 4.74 Å². The Bertz CT molecular complexity index is 723. The van der Waals surface area contributed by atoms with Crippen molar-refractivity contribution in [2.24, 2.45) is 0 Å². The van der Waals surface area contributed by atoms with Crippen LogP contribution in [0.15, 0.2) is 30.5 Å². The Morgan fingerprint density at radius 3 is 2.48 bits per heavy atom. The first kappa shape index (κ1) is 21.7. The van der Waals surface area contributed by atoms with Gasteiger partial charge in [-0.3, -0.25) is 0 Å². The summed E-state index contributed by atoms with van der Waals surface area (Å²) in [4.78, 5) is 0. The minimum Gasteiger partial charge on any atom is -0.491 e. The number of hydrogen-bond acceptors (Lipinski definition) is 5. The van der Waals surface area contributed by atoms with Crippen LogP contribution in [0, 0.1) is 0 Å². The van der Waals surface area contributed by atoms with E-state index < -0.39 is 25.6 Å². The van der Waals surface area contributed by atoms with E-state index >= 15 is 0 Å². The molecule has 0 radical (unpaired) electrons. The number of hydrogen-bond donors (Lipinski definition) is 0. The second-order valence-corrected chi connectivity index (χ2v) is 6.77. The molecule has 0 N–H and O–H groups in total. The maximum Gasteiger partial charge on any atom is 0.411 e. The third-order valence-electron chi connectivity index (χ3n) is 4.33. The van der Waals surface area contributed by atoms with Crippen molar-refractivity contribution >= 4 is 0 Å². The number of hydrazine groups is 1. The Hall–Kier alpha value is -1.98. The van der Waals surface area contributed by atoms with Crippen molar-refractivity contribution in [1.82, 2.24) is 10.0 Å². The van der Waals surface area contributed by atoms with Crippen LogP contribution in [0.2, 0.25) is 0 Å². The van der Waals surface area contributed by atoms with Gasteiger partial charge in [0.25, 0.3) is 0 Å². The molecule has 0 amide bonds. The van der Waals surface area contributed by atoms with Gasteiger partial charge >= 0.3 is 12.4 Å². The van der Waals surface area contributed by atoms with Gasteiger partial charge in [-0.1, -0.05) is 12.1 Å². The molecule has 0 fully saturated rings. The number of fused-ring (bicyclic) bond motifs is 1. The fourth-order valence-electron chi connectivity index (χ4n) is 3.18. The first-order valence-corrected chi connectivity index (χ1v) is 8.84. The lowest BCUT2D eigenvalue weighted by Crippen LogP contribution is -2.48. The predicted octanol–water partition coefficient (Wildman–Crippen LogP) is 3.65. The van der Waals surface area contributed by atoms with Crippen LogP contribution in [-0.4, -0.2) is 61.5 Å². The van der Waals surface area contributed by atoms with E-state index in [1.54, 1.807) is 40.5 Å². The van der Waals surface area contributed by atoms with Crippen LogP contribution in [0.5, 0.6) is 5.75 Å². The Morgan fingerprint density at radius 1 is 1.03 bits per heavy atom. The molecule has 0 saturated carbocycles. The molecule has 2 aliphatic heterocycles. The fraction of sp³-hybridized carbons (Fsp3) is 0.556. The lowest BCUT2D eigenvalue weighted by molar-refractivity contribution is -0.195. The highest BCUT2D eigenvalue weighted by molar-refractivity contribution is 5.39. The van der Waals surface area contributed by atoms with Crippen molar-refractivity contribution in [2.45, 2.75) is 31.4 Å². The highest BCUT2D eigenvalue weighted by Gasteiger charge is 2.32. The Balaban J connectivity index is 1.57. The zero-order valence-corrected chi connectivity index (χ0v) is 15.3. The van der Waals surface area contributed by atoms with E-state index in [1.807, 2.05) is 0 Å². The predicted molar refractivity (Wildman–Crippen MR) is 89.7 cm³/mol. The Morgan fingerprint density at radius 2 is 1.76 bits per heavy atom. The van der Waals surface area contributed by atoms with Crippen molar-refractivity contribution in [3.63, 3.8) is 0 Å². The van der Waals surface area contributed by atoms with Gasteiger partial charge < -0.3 is 19.2 Å². The average molecular weight is 426 g/mol. The molecule has 5 nitrogen and oxygen atoms in total. The summed E-state index contributed by atoms with van der Waals surface area (Å²) in [5, 5.41) is 3.40. The molecule has 0 saturated heterocycles. The summed E-state index contributed by atoms with van der Waals surface area (Å²) in [6, 6.07) is 4.87. The van der Waals surface area contributed by atoms with E-state index in [0.29, 0.717) is 30.9 Å². The monoisotopic (exact) mass is 426 g/mol. The van der Waals surface area contributed by atoms with Crippen molar-refractivity contribution in [2.75, 3.05) is 33.1 Å². The summed E-state index contributed by atoms with van der Waals surface area (Å²) in [7, 11) is 0. The summed E-state index contributed by atoms with van der Waals surface area (Å²) >= 11 is 0. The largest absolute Gasteiger partial charge is 0.491 e. The van der Waals surface area contributed by atoms with Gasteiger partial charge in [0.2, 0.25) is 0 Å². The summed E-state index contributed by atoms with van der Waals surface area (Å²) in [5.74, 6) is 0.629. The van der Waals surface area contributed by atoms with Crippen LogP contribution in [0.25, 0.3) is 0 Å². The summed E-state index contributed by atoms with van der Waals surface area (Å²) in [6.45, 7) is -2.33. The molecule has 0 unspecified atom stereocenters. The Kier molecular flexibility index (Phi) is 6.59. The number of rotatable bonds is 7. The van der Waals surface area contributed by atoms with Gasteiger partial charge in [-0.05, 0) is 23.3 Å². The molecule has 1 atom stereocenters. The molecule has 1 aromatic rings.